The van der Waals surface area contributed by atoms with Gasteiger partial charge in [-0.3, -0.25) is 24.5 Å². The summed E-state index contributed by atoms with van der Waals surface area (Å²) in [5.74, 6) is -0.513. The number of benzene rings is 2. The summed E-state index contributed by atoms with van der Waals surface area (Å²) in [5, 5.41) is 2.68. The van der Waals surface area contributed by atoms with Crippen molar-refractivity contribution >= 4 is 23.0 Å². The summed E-state index contributed by atoms with van der Waals surface area (Å²) >= 11 is 0. The lowest BCUT2D eigenvalue weighted by Gasteiger charge is -2.52. The molecule has 11 heteroatoms. The van der Waals surface area contributed by atoms with Crippen LogP contribution in [-0.2, 0) is 37.0 Å². The van der Waals surface area contributed by atoms with Gasteiger partial charge in [-0.2, -0.15) is 4.98 Å². The average molecular weight is 602 g/mol. The predicted octanol–water partition coefficient (Wildman–Crippen LogP) is 4.74. The summed E-state index contributed by atoms with van der Waals surface area (Å²) in [5.41, 5.74) is 0.450. The Labute approximate surface area is 255 Å². The third kappa shape index (κ3) is 5.80. The second-order valence-electron chi connectivity index (χ2n) is 12.0. The highest BCUT2D eigenvalue weighted by Crippen LogP contribution is 2.58. The van der Waals surface area contributed by atoms with Gasteiger partial charge in [-0.15, -0.1) is 0 Å². The van der Waals surface area contributed by atoms with Gasteiger partial charge in [0.25, 0.3) is 5.56 Å². The highest BCUT2D eigenvalue weighted by Gasteiger charge is 2.69. The number of carbonyl (C=O) groups is 1. The Bertz CT molecular complexity index is 1650. The number of ether oxygens (including phenoxy) is 4. The first-order valence-electron chi connectivity index (χ1n) is 15.1. The van der Waals surface area contributed by atoms with Crippen LogP contribution in [0.4, 0.5) is 5.95 Å². The molecule has 2 aliphatic rings. The first-order valence-corrected chi connectivity index (χ1v) is 15.1. The Morgan fingerprint density at radius 1 is 1.05 bits per heavy atom. The number of nitrogens with zero attached hydrogens (tertiary/aromatic N) is 3. The van der Waals surface area contributed by atoms with Crippen molar-refractivity contribution in [2.24, 2.45) is 5.92 Å². The van der Waals surface area contributed by atoms with E-state index in [1.807, 2.05) is 74.5 Å². The number of hydrogen-bond acceptors (Lipinski definition) is 8. The predicted molar refractivity (Wildman–Crippen MR) is 164 cm³/mol. The number of aromatic nitrogens is 4. The van der Waals surface area contributed by atoms with Crippen LogP contribution in [0, 0.1) is 5.92 Å². The first-order chi connectivity index (χ1) is 21.2. The smallest absolute Gasteiger partial charge is 0.280 e. The molecule has 0 radical (unpaired) electrons. The van der Waals surface area contributed by atoms with Crippen molar-refractivity contribution in [1.29, 1.82) is 0 Å². The molecule has 4 unspecified atom stereocenters. The largest absolute Gasteiger partial charge is 0.374 e. The minimum atomic E-state index is -0.986. The average Bonchev–Trinajstić information content (AvgIpc) is 3.67. The van der Waals surface area contributed by atoms with E-state index in [1.54, 1.807) is 18.4 Å². The molecule has 1 saturated heterocycles. The lowest BCUT2D eigenvalue weighted by atomic mass is 9.86. The summed E-state index contributed by atoms with van der Waals surface area (Å²) in [7, 11) is 0. The summed E-state index contributed by atoms with van der Waals surface area (Å²) < 4.78 is 28.5. The maximum absolute atomic E-state index is 12.9. The number of fused-ring (bicyclic) bond motifs is 1. The highest BCUT2D eigenvalue weighted by molar-refractivity contribution is 5.91. The normalized spacial score (nSPS) is 23.2. The molecule has 3 heterocycles. The van der Waals surface area contributed by atoms with E-state index in [-0.39, 0.29) is 35.5 Å². The lowest BCUT2D eigenvalue weighted by molar-refractivity contribution is -0.339. The van der Waals surface area contributed by atoms with Gasteiger partial charge in [0, 0.05) is 5.92 Å². The van der Waals surface area contributed by atoms with E-state index in [0.717, 1.165) is 24.0 Å². The van der Waals surface area contributed by atoms with Crippen LogP contribution in [0.5, 0.6) is 0 Å². The molecule has 1 spiro atoms. The van der Waals surface area contributed by atoms with Gasteiger partial charge in [-0.1, -0.05) is 74.5 Å². The molecule has 1 aliphatic carbocycles. The number of hydrogen-bond donors (Lipinski definition) is 2. The van der Waals surface area contributed by atoms with Crippen LogP contribution in [-0.4, -0.2) is 55.4 Å². The number of H-pyrrole nitrogens is 1. The molecule has 44 heavy (non-hydrogen) atoms. The minimum absolute atomic E-state index is 0.0445. The zero-order valence-electron chi connectivity index (χ0n) is 25.5. The molecule has 1 aliphatic heterocycles. The molecular weight excluding hydrogens is 562 g/mol. The Kier molecular flexibility index (Phi) is 8.38. The van der Waals surface area contributed by atoms with Gasteiger partial charge in [0.1, 0.15) is 17.3 Å². The van der Waals surface area contributed by atoms with Gasteiger partial charge in [0.2, 0.25) is 11.9 Å². The van der Waals surface area contributed by atoms with Gasteiger partial charge < -0.3 is 18.9 Å². The Balaban J connectivity index is 1.34. The molecule has 1 saturated carbocycles. The number of imidazole rings is 1. The van der Waals surface area contributed by atoms with Gasteiger partial charge in [-0.25, -0.2) is 4.98 Å². The molecule has 0 bridgehead atoms. The minimum Gasteiger partial charge on any atom is -0.374 e. The van der Waals surface area contributed by atoms with Gasteiger partial charge in [0.15, 0.2) is 17.4 Å². The third-order valence-electron chi connectivity index (χ3n) is 8.52. The number of rotatable bonds is 11. The van der Waals surface area contributed by atoms with Crippen LogP contribution in [0.1, 0.15) is 57.9 Å². The molecule has 2 aromatic carbocycles. The van der Waals surface area contributed by atoms with Crippen LogP contribution in [0.25, 0.3) is 11.2 Å². The Morgan fingerprint density at radius 3 is 2.34 bits per heavy atom. The number of nitrogens with one attached hydrogen (secondary N) is 2. The van der Waals surface area contributed by atoms with Crippen LogP contribution in [0.15, 0.2) is 71.8 Å². The van der Waals surface area contributed by atoms with Crippen molar-refractivity contribution in [1.82, 2.24) is 19.5 Å². The van der Waals surface area contributed by atoms with Gasteiger partial charge in [-0.05, 0) is 37.8 Å². The number of anilines is 1. The van der Waals surface area contributed by atoms with Crippen LogP contribution < -0.4 is 10.9 Å². The number of aromatic amines is 1. The second kappa shape index (κ2) is 12.2. The van der Waals surface area contributed by atoms with E-state index in [9.17, 15) is 9.59 Å². The maximum Gasteiger partial charge on any atom is 0.280 e. The SMILES string of the molecule is CC(C)C(=O)Nc1nc2c(ncn2C2OC(COCc3ccccc3)(C(C)OCc3ccccc3)C3(CC3)OC2C)c(=O)[nH]1. The fraction of sp³-hybridized carbons (Fsp3) is 0.455. The van der Waals surface area contributed by atoms with E-state index in [0.29, 0.717) is 13.2 Å². The molecular formula is C33H39N5O6. The third-order valence-corrected chi connectivity index (χ3v) is 8.52. The fourth-order valence-electron chi connectivity index (χ4n) is 5.88. The van der Waals surface area contributed by atoms with E-state index in [4.69, 9.17) is 18.9 Å². The van der Waals surface area contributed by atoms with Crippen molar-refractivity contribution < 1.29 is 23.7 Å². The van der Waals surface area contributed by atoms with E-state index in [1.165, 1.54) is 6.33 Å². The van der Waals surface area contributed by atoms with Crippen molar-refractivity contribution in [3.8, 4) is 0 Å². The molecule has 232 valence electrons. The van der Waals surface area contributed by atoms with Crippen LogP contribution in [0.2, 0.25) is 0 Å². The van der Waals surface area contributed by atoms with Crippen molar-refractivity contribution in [3.63, 3.8) is 0 Å². The summed E-state index contributed by atoms with van der Waals surface area (Å²) in [6.45, 7) is 8.48. The first kappa shape index (κ1) is 30.1. The van der Waals surface area contributed by atoms with E-state index >= 15 is 0 Å². The number of amides is 1. The van der Waals surface area contributed by atoms with E-state index < -0.39 is 35.2 Å². The molecule has 4 atom stereocenters. The lowest BCUT2D eigenvalue weighted by Crippen LogP contribution is -2.65. The van der Waals surface area contributed by atoms with Crippen LogP contribution >= 0.6 is 0 Å². The molecule has 2 aromatic heterocycles. The van der Waals surface area contributed by atoms with Crippen molar-refractivity contribution in [2.45, 2.75) is 83.4 Å². The van der Waals surface area contributed by atoms with Crippen molar-refractivity contribution in [3.05, 3.63) is 88.5 Å². The number of carbonyl (C=O) groups excluding carboxylic acids is 1. The summed E-state index contributed by atoms with van der Waals surface area (Å²) in [6, 6.07) is 20.0. The molecule has 11 nitrogen and oxygen atoms in total. The van der Waals surface area contributed by atoms with Crippen LogP contribution in [0.3, 0.4) is 0 Å². The second-order valence-corrected chi connectivity index (χ2v) is 12.0. The van der Waals surface area contributed by atoms with Gasteiger partial charge >= 0.3 is 0 Å². The zero-order chi connectivity index (χ0) is 30.9. The molecule has 6 rings (SSSR count). The zero-order valence-corrected chi connectivity index (χ0v) is 25.5. The topological polar surface area (TPSA) is 130 Å². The standard InChI is InChI=1S/C33H39N5O6/c1-21(2)28(39)36-31-35-27-26(29(40)37-31)34-20-38(27)30-22(3)43-32(15-16-32)33(44-30,19-41-17-24-11-7-5-8-12-24)23(4)42-18-25-13-9-6-10-14-25/h5-14,20-23,30H,15-19H2,1-4H3,(H2,35,36,37,39,40). The molecule has 4 aromatic rings. The maximum atomic E-state index is 12.9. The van der Waals surface area contributed by atoms with Gasteiger partial charge in [0.05, 0.1) is 32.3 Å². The molecule has 2 N–H and O–H groups in total. The molecule has 2 fully saturated rings. The monoisotopic (exact) mass is 601 g/mol. The summed E-state index contributed by atoms with van der Waals surface area (Å²) in [6.07, 6.45) is 1.58. The Morgan fingerprint density at radius 2 is 1.70 bits per heavy atom. The fourth-order valence-corrected chi connectivity index (χ4v) is 5.88. The van der Waals surface area contributed by atoms with Crippen molar-refractivity contribution in [2.75, 3.05) is 11.9 Å². The summed E-state index contributed by atoms with van der Waals surface area (Å²) in [4.78, 5) is 36.8. The van der Waals surface area contributed by atoms with E-state index in [2.05, 4.69) is 20.3 Å². The Hall–Kier alpha value is -3.90. The quantitative estimate of drug-likeness (QED) is 0.252. The highest BCUT2D eigenvalue weighted by atomic mass is 16.7. The molecule has 1 amide bonds.